The molecule has 0 saturated heterocycles. The predicted molar refractivity (Wildman–Crippen MR) is 81.8 cm³/mol. The number of aryl methyl sites for hydroxylation is 1. The van der Waals surface area contributed by atoms with Gasteiger partial charge in [0.25, 0.3) is 0 Å². The summed E-state index contributed by atoms with van der Waals surface area (Å²) in [5, 5.41) is 3.30. The van der Waals surface area contributed by atoms with Gasteiger partial charge in [-0.1, -0.05) is 12.1 Å². The fourth-order valence-corrected chi connectivity index (χ4v) is 2.10. The number of hydrogen-bond donors (Lipinski definition) is 3. The summed E-state index contributed by atoms with van der Waals surface area (Å²) in [4.78, 5) is 8.62. The van der Waals surface area contributed by atoms with Crippen molar-refractivity contribution in [1.29, 1.82) is 0 Å². The molecule has 0 amide bonds. The van der Waals surface area contributed by atoms with Crippen LogP contribution < -0.4 is 16.6 Å². The van der Waals surface area contributed by atoms with Crippen LogP contribution in [-0.2, 0) is 0 Å². The standard InChI is InChI=1S/C12H14IN5/c1-7-11(15-8(2)16-12(7)18-14)17-10-6-4-3-5-9(10)13/h3-6H,14H2,1-2H3,(H2,15,16,17,18). The molecule has 18 heavy (non-hydrogen) atoms. The molecule has 2 rings (SSSR count). The van der Waals surface area contributed by atoms with Crippen LogP contribution in [0.5, 0.6) is 0 Å². The average Bonchev–Trinajstić information content (AvgIpc) is 2.36. The zero-order valence-corrected chi connectivity index (χ0v) is 12.3. The quantitative estimate of drug-likeness (QED) is 0.449. The topological polar surface area (TPSA) is 75.9 Å². The van der Waals surface area contributed by atoms with E-state index < -0.39 is 0 Å². The second-order valence-corrected chi connectivity index (χ2v) is 5.00. The molecule has 1 heterocycles. The molecule has 4 N–H and O–H groups in total. The molecule has 0 aliphatic carbocycles. The zero-order chi connectivity index (χ0) is 13.1. The highest BCUT2D eigenvalue weighted by Crippen LogP contribution is 2.25. The van der Waals surface area contributed by atoms with Crippen molar-refractivity contribution in [2.45, 2.75) is 13.8 Å². The first kappa shape index (κ1) is 13.0. The number of aromatic nitrogens is 2. The number of nitrogen functional groups attached to an aromatic ring is 1. The minimum absolute atomic E-state index is 0.635. The maximum atomic E-state index is 5.44. The number of nitrogens with zero attached hydrogens (tertiary/aromatic N) is 2. The van der Waals surface area contributed by atoms with E-state index in [1.165, 1.54) is 0 Å². The predicted octanol–water partition coefficient (Wildman–Crippen LogP) is 2.73. The van der Waals surface area contributed by atoms with Crippen molar-refractivity contribution in [3.05, 3.63) is 39.2 Å². The van der Waals surface area contributed by atoms with Gasteiger partial charge in [0.05, 0.1) is 5.69 Å². The molecule has 5 nitrogen and oxygen atoms in total. The van der Waals surface area contributed by atoms with Gasteiger partial charge in [-0.05, 0) is 48.6 Å². The SMILES string of the molecule is Cc1nc(NN)c(C)c(Nc2ccccc2I)n1. The average molecular weight is 355 g/mol. The van der Waals surface area contributed by atoms with E-state index in [0.29, 0.717) is 11.6 Å². The lowest BCUT2D eigenvalue weighted by Gasteiger charge is -2.13. The van der Waals surface area contributed by atoms with E-state index in [2.05, 4.69) is 43.3 Å². The zero-order valence-electron chi connectivity index (χ0n) is 10.2. The van der Waals surface area contributed by atoms with Crippen LogP contribution in [-0.4, -0.2) is 9.97 Å². The number of anilines is 3. The third-order valence-corrected chi connectivity index (χ3v) is 3.46. The molecule has 0 fully saturated rings. The van der Waals surface area contributed by atoms with E-state index in [9.17, 15) is 0 Å². The molecule has 0 aliphatic heterocycles. The van der Waals surface area contributed by atoms with Crippen molar-refractivity contribution in [1.82, 2.24) is 9.97 Å². The van der Waals surface area contributed by atoms with Crippen molar-refractivity contribution in [3.8, 4) is 0 Å². The number of halogens is 1. The minimum atomic E-state index is 0.635. The summed E-state index contributed by atoms with van der Waals surface area (Å²) in [6.07, 6.45) is 0. The van der Waals surface area contributed by atoms with Gasteiger partial charge in [0.15, 0.2) is 0 Å². The van der Waals surface area contributed by atoms with Crippen LogP contribution >= 0.6 is 22.6 Å². The van der Waals surface area contributed by atoms with Gasteiger partial charge >= 0.3 is 0 Å². The van der Waals surface area contributed by atoms with Crippen LogP contribution in [0.15, 0.2) is 24.3 Å². The molecule has 0 bridgehead atoms. The Hall–Kier alpha value is -1.41. The maximum absolute atomic E-state index is 5.44. The first-order valence-electron chi connectivity index (χ1n) is 5.45. The third-order valence-electron chi connectivity index (χ3n) is 2.52. The van der Waals surface area contributed by atoms with Gasteiger partial charge in [-0.15, -0.1) is 0 Å². The number of hydrazine groups is 1. The van der Waals surface area contributed by atoms with Gasteiger partial charge < -0.3 is 10.7 Å². The van der Waals surface area contributed by atoms with Gasteiger partial charge in [0.1, 0.15) is 17.5 Å². The molecule has 94 valence electrons. The monoisotopic (exact) mass is 355 g/mol. The number of benzene rings is 1. The molecule has 2 aromatic rings. The highest BCUT2D eigenvalue weighted by molar-refractivity contribution is 14.1. The number of rotatable bonds is 3. The summed E-state index contributed by atoms with van der Waals surface area (Å²) < 4.78 is 1.13. The van der Waals surface area contributed by atoms with Gasteiger partial charge in [-0.25, -0.2) is 15.8 Å². The Balaban J connectivity index is 2.40. The van der Waals surface area contributed by atoms with E-state index in [4.69, 9.17) is 5.84 Å². The molecule has 0 radical (unpaired) electrons. The van der Waals surface area contributed by atoms with Crippen molar-refractivity contribution in [3.63, 3.8) is 0 Å². The summed E-state index contributed by atoms with van der Waals surface area (Å²) in [5.41, 5.74) is 4.49. The molecular formula is C12H14IN5. The number of nitrogens with one attached hydrogen (secondary N) is 2. The van der Waals surface area contributed by atoms with Crippen LogP contribution in [0.1, 0.15) is 11.4 Å². The van der Waals surface area contributed by atoms with Crippen molar-refractivity contribution < 1.29 is 0 Å². The van der Waals surface area contributed by atoms with Gasteiger partial charge in [-0.2, -0.15) is 0 Å². The van der Waals surface area contributed by atoms with Gasteiger partial charge in [-0.3, -0.25) is 0 Å². The van der Waals surface area contributed by atoms with Crippen LogP contribution in [0.2, 0.25) is 0 Å². The number of hydrogen-bond acceptors (Lipinski definition) is 5. The highest BCUT2D eigenvalue weighted by atomic mass is 127. The van der Waals surface area contributed by atoms with E-state index in [-0.39, 0.29) is 0 Å². The first-order valence-corrected chi connectivity index (χ1v) is 6.53. The lowest BCUT2D eigenvalue weighted by atomic mass is 10.2. The fourth-order valence-electron chi connectivity index (χ4n) is 1.58. The molecule has 1 aromatic heterocycles. The molecule has 0 unspecified atom stereocenters. The van der Waals surface area contributed by atoms with E-state index in [0.717, 1.165) is 20.6 Å². The fraction of sp³-hybridized carbons (Fsp3) is 0.167. The summed E-state index contributed by atoms with van der Waals surface area (Å²) in [5.74, 6) is 7.51. The lowest BCUT2D eigenvalue weighted by Crippen LogP contribution is -2.13. The number of nitrogens with two attached hydrogens (primary N) is 1. The summed E-state index contributed by atoms with van der Waals surface area (Å²) in [6.45, 7) is 3.76. The molecule has 0 atom stereocenters. The normalized spacial score (nSPS) is 10.2. The smallest absolute Gasteiger partial charge is 0.148 e. The minimum Gasteiger partial charge on any atom is -0.339 e. The number of para-hydroxylation sites is 1. The van der Waals surface area contributed by atoms with Crippen molar-refractivity contribution in [2.24, 2.45) is 5.84 Å². The highest BCUT2D eigenvalue weighted by Gasteiger charge is 2.09. The van der Waals surface area contributed by atoms with E-state index >= 15 is 0 Å². The van der Waals surface area contributed by atoms with E-state index in [1.807, 2.05) is 38.1 Å². The Bertz CT molecular complexity index is 570. The molecule has 1 aromatic carbocycles. The molecule has 6 heteroatoms. The van der Waals surface area contributed by atoms with Crippen molar-refractivity contribution in [2.75, 3.05) is 10.7 Å². The van der Waals surface area contributed by atoms with Gasteiger partial charge in [0.2, 0.25) is 0 Å². The summed E-state index contributed by atoms with van der Waals surface area (Å²) in [6, 6.07) is 8.02. The van der Waals surface area contributed by atoms with Crippen LogP contribution in [0.25, 0.3) is 0 Å². The molecule has 0 saturated carbocycles. The maximum Gasteiger partial charge on any atom is 0.148 e. The van der Waals surface area contributed by atoms with E-state index in [1.54, 1.807) is 0 Å². The Morgan fingerprint density at radius 2 is 1.78 bits per heavy atom. The summed E-state index contributed by atoms with van der Waals surface area (Å²) >= 11 is 2.28. The Morgan fingerprint density at radius 3 is 2.44 bits per heavy atom. The largest absolute Gasteiger partial charge is 0.339 e. The summed E-state index contributed by atoms with van der Waals surface area (Å²) in [7, 11) is 0. The molecule has 0 spiro atoms. The van der Waals surface area contributed by atoms with Crippen LogP contribution in [0.4, 0.5) is 17.3 Å². The molecule has 0 aliphatic rings. The first-order chi connectivity index (χ1) is 8.61. The third kappa shape index (κ3) is 2.70. The molecular weight excluding hydrogens is 341 g/mol. The second kappa shape index (κ2) is 5.49. The van der Waals surface area contributed by atoms with Crippen LogP contribution in [0.3, 0.4) is 0 Å². The Labute approximate surface area is 119 Å². The lowest BCUT2D eigenvalue weighted by molar-refractivity contribution is 1.03. The second-order valence-electron chi connectivity index (χ2n) is 3.84. The van der Waals surface area contributed by atoms with Crippen molar-refractivity contribution >= 4 is 39.9 Å². The van der Waals surface area contributed by atoms with Gasteiger partial charge in [0, 0.05) is 9.13 Å². The van der Waals surface area contributed by atoms with Crippen LogP contribution in [0, 0.1) is 17.4 Å². The Kier molecular flexibility index (Phi) is 3.97. The Morgan fingerprint density at radius 1 is 1.11 bits per heavy atom.